The van der Waals surface area contributed by atoms with E-state index in [0.717, 1.165) is 25.3 Å². The Morgan fingerprint density at radius 2 is 1.74 bits per heavy atom. The molecular formula is C16H21N3. The molecule has 3 nitrogen and oxygen atoms in total. The third kappa shape index (κ3) is 4.07. The number of rotatable bonds is 6. The zero-order chi connectivity index (χ0) is 13.5. The second-order valence-corrected chi connectivity index (χ2v) is 4.69. The molecule has 0 atom stereocenters. The van der Waals surface area contributed by atoms with E-state index in [4.69, 9.17) is 0 Å². The molecule has 0 amide bonds. The maximum Gasteiger partial charge on any atom is 0.0541 e. The quantitative estimate of drug-likeness (QED) is 0.779. The summed E-state index contributed by atoms with van der Waals surface area (Å²) in [7, 11) is 0. The van der Waals surface area contributed by atoms with Gasteiger partial charge in [-0.05, 0) is 37.1 Å². The fourth-order valence-electron chi connectivity index (χ4n) is 2.09. The summed E-state index contributed by atoms with van der Waals surface area (Å²) in [5.41, 5.74) is 4.92. The van der Waals surface area contributed by atoms with Gasteiger partial charge in [-0.2, -0.15) is 0 Å². The van der Waals surface area contributed by atoms with E-state index in [-0.39, 0.29) is 0 Å². The Morgan fingerprint density at radius 1 is 0.947 bits per heavy atom. The molecule has 0 aliphatic heterocycles. The molecule has 0 aliphatic carbocycles. The van der Waals surface area contributed by atoms with Gasteiger partial charge in [-0.25, -0.2) is 0 Å². The SMILES string of the molecule is Cc1cccc(C)c1NCCNCc1ccccn1. The number of nitrogens with zero attached hydrogens (tertiary/aromatic N) is 1. The predicted octanol–water partition coefficient (Wildman–Crippen LogP) is 2.90. The van der Waals surface area contributed by atoms with Crippen molar-refractivity contribution in [3.63, 3.8) is 0 Å². The molecule has 100 valence electrons. The van der Waals surface area contributed by atoms with Crippen LogP contribution in [0.4, 0.5) is 5.69 Å². The summed E-state index contributed by atoms with van der Waals surface area (Å²) in [6, 6.07) is 12.3. The monoisotopic (exact) mass is 255 g/mol. The first-order chi connectivity index (χ1) is 9.27. The zero-order valence-electron chi connectivity index (χ0n) is 11.6. The van der Waals surface area contributed by atoms with E-state index in [2.05, 4.69) is 47.7 Å². The first-order valence-electron chi connectivity index (χ1n) is 6.68. The number of anilines is 1. The molecule has 0 saturated carbocycles. The highest BCUT2D eigenvalue weighted by molar-refractivity contribution is 5.56. The van der Waals surface area contributed by atoms with Crippen molar-refractivity contribution in [2.75, 3.05) is 18.4 Å². The number of para-hydroxylation sites is 1. The van der Waals surface area contributed by atoms with E-state index >= 15 is 0 Å². The second kappa shape index (κ2) is 6.90. The second-order valence-electron chi connectivity index (χ2n) is 4.69. The van der Waals surface area contributed by atoms with Gasteiger partial charge < -0.3 is 10.6 Å². The van der Waals surface area contributed by atoms with Gasteiger partial charge in [-0.3, -0.25) is 4.98 Å². The Morgan fingerprint density at radius 3 is 2.42 bits per heavy atom. The van der Waals surface area contributed by atoms with Gasteiger partial charge in [-0.15, -0.1) is 0 Å². The molecule has 0 radical (unpaired) electrons. The third-order valence-corrected chi connectivity index (χ3v) is 3.12. The van der Waals surface area contributed by atoms with Crippen molar-refractivity contribution in [2.24, 2.45) is 0 Å². The number of pyridine rings is 1. The lowest BCUT2D eigenvalue weighted by molar-refractivity contribution is 0.693. The topological polar surface area (TPSA) is 37.0 Å². The van der Waals surface area contributed by atoms with Crippen molar-refractivity contribution in [1.29, 1.82) is 0 Å². The summed E-state index contributed by atoms with van der Waals surface area (Å²) in [4.78, 5) is 4.28. The molecule has 1 aromatic carbocycles. The molecule has 3 heteroatoms. The Hall–Kier alpha value is -1.87. The van der Waals surface area contributed by atoms with Crippen molar-refractivity contribution in [3.05, 3.63) is 59.4 Å². The summed E-state index contributed by atoms with van der Waals surface area (Å²) in [6.45, 7) is 6.92. The minimum Gasteiger partial charge on any atom is -0.383 e. The number of hydrogen-bond acceptors (Lipinski definition) is 3. The highest BCUT2D eigenvalue weighted by Gasteiger charge is 2.00. The van der Waals surface area contributed by atoms with Crippen molar-refractivity contribution in [2.45, 2.75) is 20.4 Å². The smallest absolute Gasteiger partial charge is 0.0541 e. The Labute approximate surface area is 115 Å². The number of aromatic nitrogens is 1. The summed E-state index contributed by atoms with van der Waals surface area (Å²) in [5, 5.41) is 6.87. The predicted molar refractivity (Wildman–Crippen MR) is 80.3 cm³/mol. The van der Waals surface area contributed by atoms with Crippen LogP contribution in [0.25, 0.3) is 0 Å². The van der Waals surface area contributed by atoms with Crippen molar-refractivity contribution in [1.82, 2.24) is 10.3 Å². The van der Waals surface area contributed by atoms with Gasteiger partial charge >= 0.3 is 0 Å². The molecule has 19 heavy (non-hydrogen) atoms. The largest absolute Gasteiger partial charge is 0.383 e. The van der Waals surface area contributed by atoms with Crippen LogP contribution >= 0.6 is 0 Å². The van der Waals surface area contributed by atoms with E-state index < -0.39 is 0 Å². The average molecular weight is 255 g/mol. The first-order valence-corrected chi connectivity index (χ1v) is 6.68. The molecule has 0 saturated heterocycles. The number of nitrogens with one attached hydrogen (secondary N) is 2. The van der Waals surface area contributed by atoms with Gasteiger partial charge in [0.05, 0.1) is 5.69 Å². The van der Waals surface area contributed by atoms with Gasteiger partial charge in [0, 0.05) is 31.5 Å². The molecule has 2 N–H and O–H groups in total. The fourth-order valence-corrected chi connectivity index (χ4v) is 2.09. The van der Waals surface area contributed by atoms with E-state index in [1.165, 1.54) is 16.8 Å². The average Bonchev–Trinajstić information content (AvgIpc) is 2.42. The van der Waals surface area contributed by atoms with Gasteiger partial charge in [-0.1, -0.05) is 24.3 Å². The Bertz CT molecular complexity index is 488. The van der Waals surface area contributed by atoms with Crippen LogP contribution in [0.3, 0.4) is 0 Å². The molecule has 1 aromatic heterocycles. The zero-order valence-corrected chi connectivity index (χ0v) is 11.6. The maximum absolute atomic E-state index is 4.28. The summed E-state index contributed by atoms with van der Waals surface area (Å²) >= 11 is 0. The van der Waals surface area contributed by atoms with E-state index in [1.807, 2.05) is 24.4 Å². The molecule has 1 heterocycles. The van der Waals surface area contributed by atoms with Crippen molar-refractivity contribution >= 4 is 5.69 Å². The lowest BCUT2D eigenvalue weighted by Gasteiger charge is -2.12. The van der Waals surface area contributed by atoms with Crippen LogP contribution in [0, 0.1) is 13.8 Å². The van der Waals surface area contributed by atoms with Crippen molar-refractivity contribution < 1.29 is 0 Å². The van der Waals surface area contributed by atoms with E-state index in [1.54, 1.807) is 0 Å². The fraction of sp³-hybridized carbons (Fsp3) is 0.312. The summed E-state index contributed by atoms with van der Waals surface area (Å²) in [5.74, 6) is 0. The van der Waals surface area contributed by atoms with Gasteiger partial charge in [0.15, 0.2) is 0 Å². The lowest BCUT2D eigenvalue weighted by atomic mass is 10.1. The number of aryl methyl sites for hydroxylation is 2. The first kappa shape index (κ1) is 13.6. The van der Waals surface area contributed by atoms with Crippen LogP contribution in [0.1, 0.15) is 16.8 Å². The van der Waals surface area contributed by atoms with Crippen LogP contribution < -0.4 is 10.6 Å². The van der Waals surface area contributed by atoms with Crippen LogP contribution in [0.5, 0.6) is 0 Å². The van der Waals surface area contributed by atoms with Crippen molar-refractivity contribution in [3.8, 4) is 0 Å². The molecule has 2 rings (SSSR count). The minimum atomic E-state index is 0.815. The third-order valence-electron chi connectivity index (χ3n) is 3.12. The van der Waals surface area contributed by atoms with E-state index in [0.29, 0.717) is 0 Å². The molecule has 0 aliphatic rings. The number of benzene rings is 1. The Balaban J connectivity index is 1.73. The van der Waals surface area contributed by atoms with Gasteiger partial charge in [0.2, 0.25) is 0 Å². The Kier molecular flexibility index (Phi) is 4.93. The lowest BCUT2D eigenvalue weighted by Crippen LogP contribution is -2.22. The molecule has 0 unspecified atom stereocenters. The van der Waals surface area contributed by atoms with Crippen LogP contribution in [0.15, 0.2) is 42.6 Å². The molecule has 0 spiro atoms. The highest BCUT2D eigenvalue weighted by atomic mass is 15.0. The summed E-state index contributed by atoms with van der Waals surface area (Å²) < 4.78 is 0. The van der Waals surface area contributed by atoms with Crippen LogP contribution in [-0.4, -0.2) is 18.1 Å². The molecule has 0 fully saturated rings. The number of hydrogen-bond donors (Lipinski definition) is 2. The normalized spacial score (nSPS) is 10.4. The summed E-state index contributed by atoms with van der Waals surface area (Å²) in [6.07, 6.45) is 1.83. The minimum absolute atomic E-state index is 0.815. The van der Waals surface area contributed by atoms with Crippen LogP contribution in [0.2, 0.25) is 0 Å². The van der Waals surface area contributed by atoms with Gasteiger partial charge in [0.25, 0.3) is 0 Å². The molecular weight excluding hydrogens is 234 g/mol. The molecule has 2 aromatic rings. The standard InChI is InChI=1S/C16H21N3/c1-13-6-5-7-14(2)16(13)19-11-10-17-12-15-8-3-4-9-18-15/h3-9,17,19H,10-12H2,1-2H3. The highest BCUT2D eigenvalue weighted by Crippen LogP contribution is 2.18. The van der Waals surface area contributed by atoms with Crippen LogP contribution in [-0.2, 0) is 6.54 Å². The van der Waals surface area contributed by atoms with Gasteiger partial charge in [0.1, 0.15) is 0 Å². The van der Waals surface area contributed by atoms with E-state index in [9.17, 15) is 0 Å². The maximum atomic E-state index is 4.28. The molecule has 0 bridgehead atoms.